The van der Waals surface area contributed by atoms with Crippen molar-refractivity contribution in [3.8, 4) is 0 Å². The Morgan fingerprint density at radius 3 is 2.19 bits per heavy atom. The molecular weight excluding hydrogens is 508 g/mol. The van der Waals surface area contributed by atoms with Crippen LogP contribution in [0.3, 0.4) is 0 Å². The molecule has 6 aromatic rings. The summed E-state index contributed by atoms with van der Waals surface area (Å²) in [7, 11) is 0. The number of pyridine rings is 3. The molecule has 0 fully saturated rings. The molecule has 0 aliphatic carbocycles. The number of aromatic nitrogens is 4. The maximum Gasteiger partial charge on any atom is 2.00 e. The van der Waals surface area contributed by atoms with Crippen LogP contribution in [0.15, 0.2) is 109 Å². The quantitative estimate of drug-likeness (QED) is 0.247. The SMILES string of the molecule is Cc1cc(C)c(/C=C\c2ccccn2)[n-]1.[Zn+2].c1ccc2c(N=c3[n-]ccc4ccccc34)nccc2c1. The van der Waals surface area contributed by atoms with Gasteiger partial charge >= 0.3 is 19.5 Å². The Labute approximate surface area is 228 Å². The average molecular weight is 533 g/mol. The Hall–Kier alpha value is -4.15. The minimum atomic E-state index is 0. The predicted molar refractivity (Wildman–Crippen MR) is 147 cm³/mol. The second-order valence-corrected chi connectivity index (χ2v) is 8.38. The number of nitrogens with zero attached hydrogens (tertiary/aromatic N) is 5. The fourth-order valence-electron chi connectivity index (χ4n) is 3.99. The van der Waals surface area contributed by atoms with Gasteiger partial charge < -0.3 is 15.0 Å². The monoisotopic (exact) mass is 531 g/mol. The van der Waals surface area contributed by atoms with Crippen LogP contribution in [0.1, 0.15) is 22.6 Å². The Morgan fingerprint density at radius 2 is 1.46 bits per heavy atom. The smallest absolute Gasteiger partial charge is 0.661 e. The van der Waals surface area contributed by atoms with Gasteiger partial charge in [-0.2, -0.15) is 5.69 Å². The van der Waals surface area contributed by atoms with Gasteiger partial charge in [0.15, 0.2) is 0 Å². The van der Waals surface area contributed by atoms with E-state index in [2.05, 4.69) is 50.1 Å². The zero-order valence-corrected chi connectivity index (χ0v) is 23.9. The van der Waals surface area contributed by atoms with Crippen LogP contribution in [-0.4, -0.2) is 9.97 Å². The van der Waals surface area contributed by atoms with Crippen LogP contribution in [0.25, 0.3) is 33.7 Å². The maximum atomic E-state index is 4.68. The van der Waals surface area contributed by atoms with Crippen LogP contribution < -0.4 is 15.5 Å². The molecule has 0 unspecified atom stereocenters. The van der Waals surface area contributed by atoms with Crippen LogP contribution in [0.4, 0.5) is 5.82 Å². The van der Waals surface area contributed by atoms with Gasteiger partial charge in [0.2, 0.25) is 0 Å². The summed E-state index contributed by atoms with van der Waals surface area (Å²) in [5.74, 6) is 0.706. The van der Waals surface area contributed by atoms with Crippen molar-refractivity contribution in [1.29, 1.82) is 0 Å². The van der Waals surface area contributed by atoms with Crippen LogP contribution >= 0.6 is 0 Å². The van der Waals surface area contributed by atoms with Gasteiger partial charge in [0.1, 0.15) is 0 Å². The average Bonchev–Trinajstić information content (AvgIpc) is 3.25. The van der Waals surface area contributed by atoms with Crippen molar-refractivity contribution in [1.82, 2.24) is 19.9 Å². The van der Waals surface area contributed by atoms with Crippen LogP contribution in [0, 0.1) is 13.8 Å². The molecule has 5 nitrogen and oxygen atoms in total. The third-order valence-electron chi connectivity index (χ3n) is 5.74. The maximum absolute atomic E-state index is 4.68. The van der Waals surface area contributed by atoms with Crippen molar-refractivity contribution in [2.75, 3.05) is 0 Å². The molecule has 0 spiro atoms. The van der Waals surface area contributed by atoms with E-state index in [0.717, 1.165) is 38.6 Å². The number of hydrogen-bond acceptors (Lipinski definition) is 3. The molecule has 6 rings (SSSR count). The van der Waals surface area contributed by atoms with E-state index in [9.17, 15) is 0 Å². The molecule has 4 aromatic heterocycles. The number of hydrogen-bond donors (Lipinski definition) is 0. The summed E-state index contributed by atoms with van der Waals surface area (Å²) in [6.45, 7) is 4.07. The van der Waals surface area contributed by atoms with E-state index in [1.165, 1.54) is 5.56 Å². The first-order chi connectivity index (χ1) is 17.7. The number of rotatable bonds is 3. The molecule has 0 aliphatic heterocycles. The molecule has 0 saturated carbocycles. The van der Waals surface area contributed by atoms with Crippen molar-refractivity contribution in [3.05, 3.63) is 132 Å². The van der Waals surface area contributed by atoms with E-state index < -0.39 is 0 Å². The van der Waals surface area contributed by atoms with Gasteiger partial charge in [-0.3, -0.25) is 9.97 Å². The summed E-state index contributed by atoms with van der Waals surface area (Å²) in [4.78, 5) is 22.1. The van der Waals surface area contributed by atoms with E-state index in [4.69, 9.17) is 0 Å². The Balaban J connectivity index is 0.000000178. The first kappa shape index (κ1) is 25.9. The zero-order chi connectivity index (χ0) is 24.7. The summed E-state index contributed by atoms with van der Waals surface area (Å²) in [5, 5.41) is 4.34. The summed E-state index contributed by atoms with van der Waals surface area (Å²) >= 11 is 0. The minimum absolute atomic E-state index is 0. The van der Waals surface area contributed by atoms with Gasteiger partial charge in [-0.25, -0.2) is 0 Å². The van der Waals surface area contributed by atoms with Gasteiger partial charge in [0.05, 0.1) is 11.5 Å². The first-order valence-electron chi connectivity index (χ1n) is 11.8. The molecule has 0 aliphatic rings. The third kappa shape index (κ3) is 6.35. The second-order valence-electron chi connectivity index (χ2n) is 8.38. The van der Waals surface area contributed by atoms with Crippen LogP contribution in [-0.2, 0) is 19.5 Å². The summed E-state index contributed by atoms with van der Waals surface area (Å²) < 4.78 is 0. The van der Waals surface area contributed by atoms with Gasteiger partial charge in [-0.1, -0.05) is 91.5 Å². The molecule has 37 heavy (non-hydrogen) atoms. The van der Waals surface area contributed by atoms with Gasteiger partial charge in [0.25, 0.3) is 0 Å². The van der Waals surface area contributed by atoms with Crippen molar-refractivity contribution < 1.29 is 19.5 Å². The summed E-state index contributed by atoms with van der Waals surface area (Å²) in [6, 6.07) is 28.1. The van der Waals surface area contributed by atoms with E-state index in [-0.39, 0.29) is 19.5 Å². The Bertz CT molecular complexity index is 1700. The molecule has 0 amide bonds. The molecule has 176 valence electrons. The third-order valence-corrected chi connectivity index (χ3v) is 5.74. The molecule has 0 radical (unpaired) electrons. The van der Waals surface area contributed by atoms with Crippen LogP contribution in [0.2, 0.25) is 0 Å². The van der Waals surface area contributed by atoms with Crippen molar-refractivity contribution in [3.63, 3.8) is 0 Å². The Morgan fingerprint density at radius 1 is 0.730 bits per heavy atom. The van der Waals surface area contributed by atoms with Crippen molar-refractivity contribution >= 4 is 39.5 Å². The van der Waals surface area contributed by atoms with Gasteiger partial charge in [-0.15, -0.1) is 5.69 Å². The molecule has 4 heterocycles. The molecule has 0 atom stereocenters. The van der Waals surface area contributed by atoms with Crippen molar-refractivity contribution in [2.24, 2.45) is 4.99 Å². The van der Waals surface area contributed by atoms with Gasteiger partial charge in [-0.05, 0) is 52.8 Å². The second kappa shape index (κ2) is 12.2. The number of aryl methyl sites for hydroxylation is 2. The Kier molecular flexibility index (Phi) is 8.55. The normalized spacial score (nSPS) is 11.4. The van der Waals surface area contributed by atoms with E-state index in [1.807, 2.05) is 85.8 Å². The number of fused-ring (bicyclic) bond motifs is 2. The predicted octanol–water partition coefficient (Wildman–Crippen LogP) is 6.40. The van der Waals surface area contributed by atoms with E-state index >= 15 is 0 Å². The van der Waals surface area contributed by atoms with Crippen LogP contribution in [0.5, 0.6) is 0 Å². The first-order valence-corrected chi connectivity index (χ1v) is 11.8. The molecule has 2 aromatic carbocycles. The fraction of sp³-hybridized carbons (Fsp3) is 0.0645. The van der Waals surface area contributed by atoms with Gasteiger partial charge in [0, 0.05) is 17.8 Å². The molecular formula is C31H25N5Zn. The largest absolute Gasteiger partial charge is 2.00 e. The van der Waals surface area contributed by atoms with E-state index in [0.29, 0.717) is 11.3 Å². The zero-order valence-electron chi connectivity index (χ0n) is 20.9. The van der Waals surface area contributed by atoms with E-state index in [1.54, 1.807) is 18.6 Å². The minimum Gasteiger partial charge on any atom is -0.661 e. The standard InChI is InChI=1S/C18H12N3.C13H13N2.Zn/c1-3-7-15-13(5-1)9-11-19-17(15)21-18-16-8-4-2-6-14(16)10-12-20-18;1-10-9-11(2)15-13(10)7-6-12-5-3-4-8-14-12;/h1-12H;3-9H,1-2H3;/q2*-1;+2/b;7-6-;. The molecule has 6 heteroatoms. The molecule has 0 bridgehead atoms. The topological polar surface area (TPSA) is 66.3 Å². The summed E-state index contributed by atoms with van der Waals surface area (Å²) in [6.07, 6.45) is 9.34. The molecule has 0 saturated heterocycles. The summed E-state index contributed by atoms with van der Waals surface area (Å²) in [5.41, 5.74) is 4.96. The molecule has 0 N–H and O–H groups in total. The number of benzene rings is 2. The van der Waals surface area contributed by atoms with Crippen molar-refractivity contribution in [2.45, 2.75) is 13.8 Å². The fourth-order valence-corrected chi connectivity index (χ4v) is 3.99.